The Morgan fingerprint density at radius 2 is 1.74 bits per heavy atom. The van der Waals surface area contributed by atoms with Crippen molar-refractivity contribution in [3.05, 3.63) is 94.7 Å². The van der Waals surface area contributed by atoms with Gasteiger partial charge in [-0.15, -0.1) is 11.3 Å². The molecule has 0 fully saturated rings. The smallest absolute Gasteiger partial charge is 0.263 e. The summed E-state index contributed by atoms with van der Waals surface area (Å²) >= 11 is 1.46. The first-order valence-electron chi connectivity index (χ1n) is 12.5. The molecule has 0 saturated carbocycles. The van der Waals surface area contributed by atoms with Crippen LogP contribution in [0.25, 0.3) is 37.9 Å². The van der Waals surface area contributed by atoms with E-state index in [1.807, 2.05) is 75.6 Å². The Morgan fingerprint density at radius 3 is 2.54 bits per heavy atom. The minimum absolute atomic E-state index is 0.108. The van der Waals surface area contributed by atoms with Crippen LogP contribution in [0.2, 0.25) is 0 Å². The summed E-state index contributed by atoms with van der Waals surface area (Å²) in [6.07, 6.45) is 3.32. The second-order valence-electron chi connectivity index (χ2n) is 9.03. The summed E-state index contributed by atoms with van der Waals surface area (Å²) in [5.41, 5.74) is 6.47. The lowest BCUT2D eigenvalue weighted by atomic mass is 9.98. The maximum absolute atomic E-state index is 14.4. The van der Waals surface area contributed by atoms with Gasteiger partial charge in [0, 0.05) is 37.2 Å². The molecule has 0 aliphatic carbocycles. The minimum atomic E-state index is -0.266. The molecule has 0 saturated heterocycles. The van der Waals surface area contributed by atoms with Crippen LogP contribution in [0, 0.1) is 0 Å². The average Bonchev–Trinajstić information content (AvgIpc) is 3.47. The number of hydrogen-bond acceptors (Lipinski definition) is 9. The maximum atomic E-state index is 14.4. The van der Waals surface area contributed by atoms with Gasteiger partial charge in [-0.2, -0.15) is 0 Å². The highest BCUT2D eigenvalue weighted by Crippen LogP contribution is 2.33. The number of aromatic nitrogens is 5. The van der Waals surface area contributed by atoms with Crippen LogP contribution >= 0.6 is 11.3 Å². The number of hydrogen-bond donors (Lipinski definition) is 3. The zero-order valence-corrected chi connectivity index (χ0v) is 22.5. The third-order valence-corrected chi connectivity index (χ3v) is 7.46. The van der Waals surface area contributed by atoms with Gasteiger partial charge in [0.05, 0.1) is 22.6 Å². The monoisotopic (exact) mass is 534 g/mol. The van der Waals surface area contributed by atoms with Crippen molar-refractivity contribution in [1.82, 2.24) is 24.5 Å². The number of anilines is 3. The molecule has 0 amide bonds. The van der Waals surface area contributed by atoms with Crippen LogP contribution in [0.1, 0.15) is 18.7 Å². The molecule has 2 aromatic carbocycles. The van der Waals surface area contributed by atoms with Crippen molar-refractivity contribution >= 4 is 49.8 Å². The van der Waals surface area contributed by atoms with Gasteiger partial charge in [-0.25, -0.2) is 19.9 Å². The number of benzene rings is 2. The summed E-state index contributed by atoms with van der Waals surface area (Å²) in [6, 6.07) is 19.4. The highest BCUT2D eigenvalue weighted by Gasteiger charge is 2.20. The third-order valence-electron chi connectivity index (χ3n) is 6.73. The van der Waals surface area contributed by atoms with Crippen molar-refractivity contribution in [3.63, 3.8) is 0 Å². The predicted octanol–water partition coefficient (Wildman–Crippen LogP) is 5.71. The van der Waals surface area contributed by atoms with Crippen LogP contribution in [-0.2, 0) is 0 Å². The first kappa shape index (κ1) is 24.5. The van der Waals surface area contributed by atoms with Crippen molar-refractivity contribution in [2.75, 3.05) is 30.0 Å². The molecule has 39 heavy (non-hydrogen) atoms. The van der Waals surface area contributed by atoms with Gasteiger partial charge in [-0.3, -0.25) is 9.36 Å². The summed E-state index contributed by atoms with van der Waals surface area (Å²) in [4.78, 5) is 32.9. The fraction of sp³-hybridized carbons (Fsp3) is 0.138. The zero-order valence-electron chi connectivity index (χ0n) is 21.6. The van der Waals surface area contributed by atoms with E-state index in [1.54, 1.807) is 16.3 Å². The van der Waals surface area contributed by atoms with E-state index in [-0.39, 0.29) is 11.6 Å². The topological polar surface area (TPSA) is 110 Å². The zero-order chi connectivity index (χ0) is 26.9. The Balaban J connectivity index is 1.56. The number of rotatable bonds is 7. The maximum Gasteiger partial charge on any atom is 0.263 e. The van der Waals surface area contributed by atoms with E-state index in [4.69, 9.17) is 0 Å². The fourth-order valence-electron chi connectivity index (χ4n) is 4.87. The molecule has 1 unspecified atom stereocenters. The van der Waals surface area contributed by atoms with E-state index < -0.39 is 0 Å². The molecule has 10 heteroatoms. The van der Waals surface area contributed by atoms with Gasteiger partial charge in [0.1, 0.15) is 22.5 Å². The summed E-state index contributed by atoms with van der Waals surface area (Å²) < 4.78 is 1.78. The molecular formula is C29H26N8OS. The van der Waals surface area contributed by atoms with Crippen LogP contribution in [0.3, 0.4) is 0 Å². The number of nitrogens with zero attached hydrogens (tertiary/aromatic N) is 5. The quantitative estimate of drug-likeness (QED) is 0.239. The van der Waals surface area contributed by atoms with Gasteiger partial charge in [0.25, 0.3) is 5.56 Å². The van der Waals surface area contributed by atoms with E-state index in [0.29, 0.717) is 16.7 Å². The summed E-state index contributed by atoms with van der Waals surface area (Å²) in [7, 11) is 3.68. The van der Waals surface area contributed by atoms with Crippen molar-refractivity contribution in [3.8, 4) is 16.8 Å². The number of thiazole rings is 1. The molecule has 4 aromatic heterocycles. The molecule has 1 atom stereocenters. The molecule has 6 rings (SSSR count). The molecular weight excluding hydrogens is 508 g/mol. The lowest BCUT2D eigenvalue weighted by molar-refractivity contribution is 0.774. The SMILES string of the molecule is CNc1cc(-c2cccc3cc(C(C)Nc4ncnc5scnc45)n(-c4ccccc4)c(=O)c23)cnc1NC. The highest BCUT2D eigenvalue weighted by atomic mass is 32.1. The number of nitrogens with one attached hydrogen (secondary N) is 3. The number of pyridine rings is 2. The number of fused-ring (bicyclic) bond motifs is 2. The van der Waals surface area contributed by atoms with E-state index in [1.165, 1.54) is 17.7 Å². The highest BCUT2D eigenvalue weighted by molar-refractivity contribution is 7.16. The summed E-state index contributed by atoms with van der Waals surface area (Å²) in [6.45, 7) is 2.02. The molecule has 9 nitrogen and oxygen atoms in total. The van der Waals surface area contributed by atoms with Crippen LogP contribution in [0.5, 0.6) is 0 Å². The van der Waals surface area contributed by atoms with E-state index in [0.717, 1.165) is 44.2 Å². The van der Waals surface area contributed by atoms with Crippen LogP contribution < -0.4 is 21.5 Å². The third kappa shape index (κ3) is 4.34. The molecule has 0 radical (unpaired) electrons. The Morgan fingerprint density at radius 1 is 0.897 bits per heavy atom. The molecule has 0 spiro atoms. The molecule has 0 aliphatic heterocycles. The summed E-state index contributed by atoms with van der Waals surface area (Å²) in [5.74, 6) is 1.37. The average molecular weight is 535 g/mol. The fourth-order valence-corrected chi connectivity index (χ4v) is 5.49. The molecule has 3 N–H and O–H groups in total. The normalized spacial score (nSPS) is 12.0. The van der Waals surface area contributed by atoms with Crippen LogP contribution in [-0.4, -0.2) is 38.6 Å². The minimum Gasteiger partial charge on any atom is -0.385 e. The second-order valence-corrected chi connectivity index (χ2v) is 9.86. The van der Waals surface area contributed by atoms with Crippen LogP contribution in [0.15, 0.2) is 83.5 Å². The predicted molar refractivity (Wildman–Crippen MR) is 159 cm³/mol. The van der Waals surface area contributed by atoms with Gasteiger partial charge in [0.15, 0.2) is 5.82 Å². The van der Waals surface area contributed by atoms with Gasteiger partial charge in [-0.05, 0) is 42.1 Å². The molecule has 6 aromatic rings. The van der Waals surface area contributed by atoms with Gasteiger partial charge in [-0.1, -0.05) is 36.4 Å². The molecule has 194 valence electrons. The van der Waals surface area contributed by atoms with E-state index in [2.05, 4.69) is 42.0 Å². The van der Waals surface area contributed by atoms with Crippen molar-refractivity contribution in [1.29, 1.82) is 0 Å². The number of para-hydroxylation sites is 1. The van der Waals surface area contributed by atoms with Crippen molar-refractivity contribution in [2.24, 2.45) is 0 Å². The molecule has 4 heterocycles. The van der Waals surface area contributed by atoms with E-state index in [9.17, 15) is 4.79 Å². The second kappa shape index (κ2) is 10.1. The lowest BCUT2D eigenvalue weighted by Gasteiger charge is -2.22. The largest absolute Gasteiger partial charge is 0.385 e. The lowest BCUT2D eigenvalue weighted by Crippen LogP contribution is -2.26. The first-order chi connectivity index (χ1) is 19.1. The standard InChI is InChI=1S/C29H26N8OS/c1-17(36-27-25-28(34-15-33-27)39-16-35-25)23-13-18-8-7-11-21(19-12-22(30-2)26(31-3)32-14-19)24(18)29(38)37(23)20-9-5-4-6-10-20/h4-17,30H,1-3H3,(H,31,32)(H,33,34,36). The Labute approximate surface area is 228 Å². The van der Waals surface area contributed by atoms with Gasteiger partial charge in [0.2, 0.25) is 0 Å². The van der Waals surface area contributed by atoms with Gasteiger partial charge < -0.3 is 16.0 Å². The molecule has 0 aliphatic rings. The Hall–Kier alpha value is -4.83. The van der Waals surface area contributed by atoms with Crippen molar-refractivity contribution < 1.29 is 0 Å². The first-order valence-corrected chi connectivity index (χ1v) is 13.4. The Bertz CT molecular complexity index is 1870. The van der Waals surface area contributed by atoms with E-state index >= 15 is 0 Å². The molecule has 0 bridgehead atoms. The van der Waals surface area contributed by atoms with Gasteiger partial charge >= 0.3 is 0 Å². The van der Waals surface area contributed by atoms with Crippen LogP contribution in [0.4, 0.5) is 17.3 Å². The summed E-state index contributed by atoms with van der Waals surface area (Å²) in [5, 5.41) is 11.2. The van der Waals surface area contributed by atoms with Crippen molar-refractivity contribution in [2.45, 2.75) is 13.0 Å². The Kier molecular flexibility index (Phi) is 6.37.